The second kappa shape index (κ2) is 9.01. The van der Waals surface area contributed by atoms with Crippen LogP contribution in [0.5, 0.6) is 0 Å². The largest absolute Gasteiger partial charge is 0.326 e. The summed E-state index contributed by atoms with van der Waals surface area (Å²) in [6.45, 7) is 3.83. The van der Waals surface area contributed by atoms with Crippen LogP contribution in [0.25, 0.3) is 0 Å². The van der Waals surface area contributed by atoms with Crippen LogP contribution in [0.1, 0.15) is 34.3 Å². The van der Waals surface area contributed by atoms with Gasteiger partial charge in [-0.05, 0) is 49.2 Å². The summed E-state index contributed by atoms with van der Waals surface area (Å²) >= 11 is 5.81. The molecular formula is C19H20ClN3O3. The number of carbonyl (C=O) groups excluding carboxylic acids is 3. The Bertz CT molecular complexity index is 837. The van der Waals surface area contributed by atoms with Crippen LogP contribution in [0.15, 0.2) is 42.5 Å². The van der Waals surface area contributed by atoms with E-state index in [1.807, 2.05) is 32.0 Å². The van der Waals surface area contributed by atoms with E-state index < -0.39 is 11.8 Å². The second-order valence-corrected chi connectivity index (χ2v) is 6.32. The summed E-state index contributed by atoms with van der Waals surface area (Å²) < 4.78 is 0. The minimum absolute atomic E-state index is 0.00620. The molecule has 0 unspecified atom stereocenters. The number of halogens is 1. The maximum absolute atomic E-state index is 12.0. The van der Waals surface area contributed by atoms with Crippen LogP contribution >= 0.6 is 11.6 Å². The maximum atomic E-state index is 12.0. The molecule has 0 radical (unpaired) electrons. The Morgan fingerprint density at radius 3 is 2.38 bits per heavy atom. The number of benzene rings is 2. The van der Waals surface area contributed by atoms with Crippen molar-refractivity contribution in [2.45, 2.75) is 26.7 Å². The van der Waals surface area contributed by atoms with E-state index in [0.717, 1.165) is 16.8 Å². The van der Waals surface area contributed by atoms with Crippen molar-refractivity contribution in [3.05, 3.63) is 64.2 Å². The van der Waals surface area contributed by atoms with Crippen LogP contribution in [0.3, 0.4) is 0 Å². The Hall–Kier alpha value is -2.86. The number of nitrogens with one attached hydrogen (secondary N) is 3. The van der Waals surface area contributed by atoms with Crippen LogP contribution in [-0.2, 0) is 9.59 Å². The van der Waals surface area contributed by atoms with E-state index in [0.29, 0.717) is 10.6 Å². The first kappa shape index (κ1) is 19.5. The Balaban J connectivity index is 1.77. The Labute approximate surface area is 156 Å². The first-order valence-electron chi connectivity index (χ1n) is 8.07. The summed E-state index contributed by atoms with van der Waals surface area (Å²) in [5.74, 6) is -1.22. The molecule has 136 valence electrons. The van der Waals surface area contributed by atoms with Crippen LogP contribution in [-0.4, -0.2) is 17.7 Å². The van der Waals surface area contributed by atoms with Crippen LogP contribution in [0.4, 0.5) is 5.69 Å². The molecule has 2 aromatic rings. The number of amides is 3. The highest BCUT2D eigenvalue weighted by atomic mass is 35.5. The lowest BCUT2D eigenvalue weighted by atomic mass is 10.1. The van der Waals surface area contributed by atoms with Gasteiger partial charge in [0.2, 0.25) is 11.8 Å². The molecule has 2 aromatic carbocycles. The molecule has 0 aliphatic carbocycles. The smallest absolute Gasteiger partial charge is 0.269 e. The van der Waals surface area contributed by atoms with Crippen LogP contribution in [0.2, 0.25) is 5.02 Å². The molecule has 0 aliphatic rings. The van der Waals surface area contributed by atoms with Crippen LogP contribution in [0, 0.1) is 13.8 Å². The highest BCUT2D eigenvalue weighted by Gasteiger charge is 2.11. The average Bonchev–Trinajstić information content (AvgIpc) is 2.61. The summed E-state index contributed by atoms with van der Waals surface area (Å²) in [7, 11) is 0. The first-order chi connectivity index (χ1) is 12.3. The lowest BCUT2D eigenvalue weighted by Gasteiger charge is -2.10. The highest BCUT2D eigenvalue weighted by Crippen LogP contribution is 2.16. The number of carbonyl (C=O) groups is 3. The summed E-state index contributed by atoms with van der Waals surface area (Å²) in [6, 6.07) is 12.1. The van der Waals surface area contributed by atoms with E-state index in [1.54, 1.807) is 18.2 Å². The number of hydrazine groups is 1. The van der Waals surface area contributed by atoms with Gasteiger partial charge in [-0.15, -0.1) is 0 Å². The molecule has 0 saturated heterocycles. The zero-order valence-corrected chi connectivity index (χ0v) is 15.3. The number of rotatable bonds is 5. The van der Waals surface area contributed by atoms with Crippen molar-refractivity contribution < 1.29 is 14.4 Å². The quantitative estimate of drug-likeness (QED) is 0.703. The monoisotopic (exact) mass is 373 g/mol. The molecule has 0 aromatic heterocycles. The van der Waals surface area contributed by atoms with Gasteiger partial charge in [0.05, 0.1) is 0 Å². The van der Waals surface area contributed by atoms with Gasteiger partial charge >= 0.3 is 0 Å². The molecule has 0 bridgehead atoms. The third kappa shape index (κ3) is 5.89. The fourth-order valence-electron chi connectivity index (χ4n) is 2.20. The molecule has 0 heterocycles. The summed E-state index contributed by atoms with van der Waals surface area (Å²) in [6.07, 6.45) is -0.0429. The molecule has 7 heteroatoms. The standard InChI is InChI=1S/C19H20ClN3O3/c1-12-6-7-13(2)16(10-12)21-17(24)8-9-18(25)22-23-19(26)14-4-3-5-15(20)11-14/h3-7,10-11H,8-9H2,1-2H3,(H,21,24)(H,22,25)(H,23,26). The fraction of sp³-hybridized carbons (Fsp3) is 0.211. The third-order valence-corrected chi connectivity index (χ3v) is 3.88. The van der Waals surface area contributed by atoms with Gasteiger partial charge in [0.15, 0.2) is 0 Å². The van der Waals surface area contributed by atoms with Crippen molar-refractivity contribution in [3.8, 4) is 0 Å². The van der Waals surface area contributed by atoms with E-state index in [-0.39, 0.29) is 18.7 Å². The molecule has 0 saturated carbocycles. The number of aryl methyl sites for hydroxylation is 2. The SMILES string of the molecule is Cc1ccc(C)c(NC(=O)CCC(=O)NNC(=O)c2cccc(Cl)c2)c1. The molecule has 2 rings (SSSR count). The first-order valence-corrected chi connectivity index (χ1v) is 8.45. The van der Waals surface area contributed by atoms with Crippen molar-refractivity contribution in [2.24, 2.45) is 0 Å². The summed E-state index contributed by atoms with van der Waals surface area (Å²) in [5.41, 5.74) is 7.60. The van der Waals surface area contributed by atoms with Crippen molar-refractivity contribution in [2.75, 3.05) is 5.32 Å². The topological polar surface area (TPSA) is 87.3 Å². The van der Waals surface area contributed by atoms with Gasteiger partial charge in [0.1, 0.15) is 0 Å². The second-order valence-electron chi connectivity index (χ2n) is 5.88. The Kier molecular flexibility index (Phi) is 6.74. The molecular weight excluding hydrogens is 354 g/mol. The minimum atomic E-state index is -0.485. The molecule has 3 amide bonds. The molecule has 3 N–H and O–H groups in total. The van der Waals surface area contributed by atoms with Gasteiger partial charge in [-0.1, -0.05) is 29.8 Å². The average molecular weight is 374 g/mol. The van der Waals surface area contributed by atoms with Crippen molar-refractivity contribution in [3.63, 3.8) is 0 Å². The highest BCUT2D eigenvalue weighted by molar-refractivity contribution is 6.30. The predicted octanol–water partition coefficient (Wildman–Crippen LogP) is 3.14. The third-order valence-electron chi connectivity index (χ3n) is 3.65. The van der Waals surface area contributed by atoms with Crippen LogP contribution < -0.4 is 16.2 Å². The van der Waals surface area contributed by atoms with Gasteiger partial charge in [0, 0.05) is 29.1 Å². The molecule has 0 fully saturated rings. The normalized spacial score (nSPS) is 10.1. The number of hydrogen-bond acceptors (Lipinski definition) is 3. The van der Waals surface area contributed by atoms with E-state index >= 15 is 0 Å². The number of hydrogen-bond donors (Lipinski definition) is 3. The summed E-state index contributed by atoms with van der Waals surface area (Å²) in [4.78, 5) is 35.7. The van der Waals surface area contributed by atoms with E-state index in [4.69, 9.17) is 11.6 Å². The Morgan fingerprint density at radius 1 is 0.923 bits per heavy atom. The van der Waals surface area contributed by atoms with Gasteiger partial charge in [-0.2, -0.15) is 0 Å². The van der Waals surface area contributed by atoms with Gasteiger partial charge in [-0.3, -0.25) is 25.2 Å². The molecule has 0 spiro atoms. The lowest BCUT2D eigenvalue weighted by molar-refractivity contribution is -0.124. The van der Waals surface area contributed by atoms with Crippen molar-refractivity contribution in [1.29, 1.82) is 0 Å². The predicted molar refractivity (Wildman–Crippen MR) is 101 cm³/mol. The zero-order chi connectivity index (χ0) is 19.1. The molecule has 26 heavy (non-hydrogen) atoms. The van der Waals surface area contributed by atoms with Crippen molar-refractivity contribution in [1.82, 2.24) is 10.9 Å². The Morgan fingerprint density at radius 2 is 1.65 bits per heavy atom. The molecule has 0 atom stereocenters. The van der Waals surface area contributed by atoms with Crippen molar-refractivity contribution >= 4 is 35.0 Å². The van der Waals surface area contributed by atoms with Gasteiger partial charge < -0.3 is 5.32 Å². The lowest BCUT2D eigenvalue weighted by Crippen LogP contribution is -2.41. The maximum Gasteiger partial charge on any atom is 0.269 e. The number of anilines is 1. The van der Waals surface area contributed by atoms with E-state index in [9.17, 15) is 14.4 Å². The van der Waals surface area contributed by atoms with E-state index in [2.05, 4.69) is 16.2 Å². The molecule has 0 aliphatic heterocycles. The molecule has 6 nitrogen and oxygen atoms in total. The van der Waals surface area contributed by atoms with Gasteiger partial charge in [-0.25, -0.2) is 0 Å². The summed E-state index contributed by atoms with van der Waals surface area (Å²) in [5, 5.41) is 3.21. The zero-order valence-electron chi connectivity index (χ0n) is 14.6. The minimum Gasteiger partial charge on any atom is -0.326 e. The van der Waals surface area contributed by atoms with E-state index in [1.165, 1.54) is 6.07 Å². The fourth-order valence-corrected chi connectivity index (χ4v) is 2.39. The van der Waals surface area contributed by atoms with Gasteiger partial charge in [0.25, 0.3) is 5.91 Å².